The fraction of sp³-hybridized carbons (Fsp3) is 0.471. The number of likely N-dealkylation sites (N-methyl/N-ethyl adjacent to an activating group) is 1. The van der Waals surface area contributed by atoms with E-state index in [0.717, 1.165) is 28.3 Å². The SMILES string of the molecule is CN(Cc1cn[nH]c1-c1ccc2c(c1)OCCO2)CC(C)(C)O. The number of H-pyrrole nitrogens is 1. The number of aromatic nitrogens is 2. The number of aliphatic hydroxyl groups is 1. The second kappa shape index (κ2) is 6.22. The monoisotopic (exact) mass is 317 g/mol. The first kappa shape index (κ1) is 15.8. The highest BCUT2D eigenvalue weighted by Gasteiger charge is 2.19. The lowest BCUT2D eigenvalue weighted by molar-refractivity contribution is 0.0425. The highest BCUT2D eigenvalue weighted by atomic mass is 16.6. The average Bonchev–Trinajstić information content (AvgIpc) is 2.92. The van der Waals surface area contributed by atoms with Crippen LogP contribution in [0.4, 0.5) is 0 Å². The number of fused-ring (bicyclic) bond motifs is 1. The summed E-state index contributed by atoms with van der Waals surface area (Å²) >= 11 is 0. The Hall–Kier alpha value is -2.05. The van der Waals surface area contributed by atoms with E-state index in [0.29, 0.717) is 26.3 Å². The number of benzene rings is 1. The van der Waals surface area contributed by atoms with Crippen LogP contribution in [0.5, 0.6) is 11.5 Å². The minimum Gasteiger partial charge on any atom is -0.486 e. The van der Waals surface area contributed by atoms with Gasteiger partial charge in [0.05, 0.1) is 17.5 Å². The fourth-order valence-corrected chi connectivity index (χ4v) is 2.89. The van der Waals surface area contributed by atoms with Crippen molar-refractivity contribution < 1.29 is 14.6 Å². The summed E-state index contributed by atoms with van der Waals surface area (Å²) in [6, 6.07) is 5.90. The molecule has 0 fully saturated rings. The van der Waals surface area contributed by atoms with E-state index < -0.39 is 5.60 Å². The van der Waals surface area contributed by atoms with Gasteiger partial charge in [0.25, 0.3) is 0 Å². The third-order valence-corrected chi connectivity index (χ3v) is 3.65. The first-order chi connectivity index (χ1) is 10.9. The molecule has 0 unspecified atom stereocenters. The first-order valence-corrected chi connectivity index (χ1v) is 7.75. The molecule has 0 saturated heterocycles. The molecule has 2 aromatic rings. The molecule has 1 aliphatic heterocycles. The van der Waals surface area contributed by atoms with Gasteiger partial charge in [-0.25, -0.2) is 0 Å². The van der Waals surface area contributed by atoms with E-state index in [1.165, 1.54) is 0 Å². The van der Waals surface area contributed by atoms with Gasteiger partial charge in [-0.15, -0.1) is 0 Å². The molecule has 1 aromatic heterocycles. The quantitative estimate of drug-likeness (QED) is 0.883. The molecule has 0 aliphatic carbocycles. The van der Waals surface area contributed by atoms with Gasteiger partial charge in [-0.1, -0.05) is 0 Å². The summed E-state index contributed by atoms with van der Waals surface area (Å²) in [5.41, 5.74) is 2.33. The summed E-state index contributed by atoms with van der Waals surface area (Å²) in [7, 11) is 1.98. The zero-order valence-electron chi connectivity index (χ0n) is 13.8. The Kier molecular flexibility index (Phi) is 4.28. The lowest BCUT2D eigenvalue weighted by atomic mass is 10.1. The van der Waals surface area contributed by atoms with Gasteiger partial charge in [0, 0.05) is 24.2 Å². The summed E-state index contributed by atoms with van der Waals surface area (Å²) in [6.07, 6.45) is 1.83. The van der Waals surface area contributed by atoms with E-state index in [4.69, 9.17) is 9.47 Å². The molecule has 0 saturated carbocycles. The van der Waals surface area contributed by atoms with Crippen molar-refractivity contribution in [2.45, 2.75) is 26.0 Å². The lowest BCUT2D eigenvalue weighted by Gasteiger charge is -2.25. The number of ether oxygens (including phenoxy) is 2. The van der Waals surface area contributed by atoms with Gasteiger partial charge in [0.2, 0.25) is 0 Å². The third-order valence-electron chi connectivity index (χ3n) is 3.65. The smallest absolute Gasteiger partial charge is 0.162 e. The van der Waals surface area contributed by atoms with E-state index in [-0.39, 0.29) is 0 Å². The Bertz CT molecular complexity index is 676. The molecule has 1 aromatic carbocycles. The molecular formula is C17H23N3O3. The normalized spacial score (nSPS) is 14.3. The van der Waals surface area contributed by atoms with Crippen LogP contribution >= 0.6 is 0 Å². The maximum absolute atomic E-state index is 9.94. The lowest BCUT2D eigenvalue weighted by Crippen LogP contribution is -2.35. The van der Waals surface area contributed by atoms with Crippen molar-refractivity contribution in [3.05, 3.63) is 30.0 Å². The predicted octanol–water partition coefficient (Wildman–Crippen LogP) is 2.05. The maximum Gasteiger partial charge on any atom is 0.162 e. The molecule has 2 N–H and O–H groups in total. The van der Waals surface area contributed by atoms with Crippen molar-refractivity contribution in [3.8, 4) is 22.8 Å². The first-order valence-electron chi connectivity index (χ1n) is 7.75. The summed E-state index contributed by atoms with van der Waals surface area (Å²) in [6.45, 7) is 6.05. The molecule has 2 heterocycles. The molecule has 23 heavy (non-hydrogen) atoms. The van der Waals surface area contributed by atoms with Gasteiger partial charge < -0.3 is 14.6 Å². The van der Waals surface area contributed by atoms with E-state index >= 15 is 0 Å². The minimum atomic E-state index is -0.727. The van der Waals surface area contributed by atoms with Crippen molar-refractivity contribution in [1.82, 2.24) is 15.1 Å². The number of rotatable bonds is 5. The van der Waals surface area contributed by atoms with Gasteiger partial charge in [0.1, 0.15) is 13.2 Å². The number of hydrogen-bond acceptors (Lipinski definition) is 5. The van der Waals surface area contributed by atoms with E-state index in [9.17, 15) is 5.11 Å². The van der Waals surface area contributed by atoms with E-state index in [1.54, 1.807) is 13.8 Å². The van der Waals surface area contributed by atoms with E-state index in [1.807, 2.05) is 31.4 Å². The van der Waals surface area contributed by atoms with Crippen molar-refractivity contribution >= 4 is 0 Å². The summed E-state index contributed by atoms with van der Waals surface area (Å²) in [4.78, 5) is 2.08. The van der Waals surface area contributed by atoms with Crippen LogP contribution in [0.25, 0.3) is 11.3 Å². The van der Waals surface area contributed by atoms with Gasteiger partial charge in [-0.3, -0.25) is 10.00 Å². The zero-order valence-corrected chi connectivity index (χ0v) is 13.8. The van der Waals surface area contributed by atoms with Crippen LogP contribution in [0.3, 0.4) is 0 Å². The molecule has 0 bridgehead atoms. The van der Waals surface area contributed by atoms with Gasteiger partial charge in [-0.2, -0.15) is 5.10 Å². The minimum absolute atomic E-state index is 0.570. The highest BCUT2D eigenvalue weighted by molar-refractivity contribution is 5.66. The van der Waals surface area contributed by atoms with Gasteiger partial charge >= 0.3 is 0 Å². The Labute approximate surface area is 136 Å². The second-order valence-electron chi connectivity index (χ2n) is 6.61. The Morgan fingerprint density at radius 3 is 2.74 bits per heavy atom. The molecule has 0 amide bonds. The molecule has 6 nitrogen and oxygen atoms in total. The maximum atomic E-state index is 9.94. The number of nitrogens with zero attached hydrogens (tertiary/aromatic N) is 2. The highest BCUT2D eigenvalue weighted by Crippen LogP contribution is 2.35. The number of hydrogen-bond donors (Lipinski definition) is 2. The molecule has 3 rings (SSSR count). The van der Waals surface area contributed by atoms with Crippen molar-refractivity contribution in [2.24, 2.45) is 0 Å². The zero-order chi connectivity index (χ0) is 16.4. The van der Waals surface area contributed by atoms with Gasteiger partial charge in [0.15, 0.2) is 11.5 Å². The predicted molar refractivity (Wildman–Crippen MR) is 87.6 cm³/mol. The van der Waals surface area contributed by atoms with E-state index in [2.05, 4.69) is 15.1 Å². The summed E-state index contributed by atoms with van der Waals surface area (Å²) < 4.78 is 11.2. The fourth-order valence-electron chi connectivity index (χ4n) is 2.89. The standard InChI is InChI=1S/C17H23N3O3/c1-17(2,21)11-20(3)10-13-9-18-19-16(13)12-4-5-14-15(8-12)23-7-6-22-14/h4-5,8-9,21H,6-7,10-11H2,1-3H3,(H,18,19). The summed E-state index contributed by atoms with van der Waals surface area (Å²) in [5.74, 6) is 1.54. The van der Waals surface area contributed by atoms with Crippen LogP contribution in [0, 0.1) is 0 Å². The molecule has 0 radical (unpaired) electrons. The molecule has 1 aliphatic rings. The molecular weight excluding hydrogens is 294 g/mol. The van der Waals surface area contributed by atoms with Crippen LogP contribution < -0.4 is 9.47 Å². The molecule has 0 atom stereocenters. The largest absolute Gasteiger partial charge is 0.486 e. The van der Waals surface area contributed by atoms with Crippen LogP contribution in [-0.4, -0.2) is 52.6 Å². The molecule has 0 spiro atoms. The Morgan fingerprint density at radius 2 is 2.00 bits per heavy atom. The molecule has 124 valence electrons. The van der Waals surface area contributed by atoms with Gasteiger partial charge in [-0.05, 0) is 39.1 Å². The molecule has 6 heteroatoms. The van der Waals surface area contributed by atoms with Crippen LogP contribution in [0.2, 0.25) is 0 Å². The Balaban J connectivity index is 1.81. The van der Waals surface area contributed by atoms with Crippen molar-refractivity contribution in [3.63, 3.8) is 0 Å². The van der Waals surface area contributed by atoms with Crippen LogP contribution in [0.15, 0.2) is 24.4 Å². The van der Waals surface area contributed by atoms with Crippen molar-refractivity contribution in [1.29, 1.82) is 0 Å². The number of nitrogens with one attached hydrogen (secondary N) is 1. The third kappa shape index (κ3) is 3.83. The summed E-state index contributed by atoms with van der Waals surface area (Å²) in [5, 5.41) is 17.2. The Morgan fingerprint density at radius 1 is 1.26 bits per heavy atom. The van der Waals surface area contributed by atoms with Crippen molar-refractivity contribution in [2.75, 3.05) is 26.8 Å². The number of aromatic amines is 1. The van der Waals surface area contributed by atoms with Crippen LogP contribution in [0.1, 0.15) is 19.4 Å². The topological polar surface area (TPSA) is 70.6 Å². The second-order valence-corrected chi connectivity index (χ2v) is 6.61. The van der Waals surface area contributed by atoms with Crippen LogP contribution in [-0.2, 0) is 6.54 Å². The average molecular weight is 317 g/mol.